The Bertz CT molecular complexity index is 471. The lowest BCUT2D eigenvalue weighted by atomic mass is 9.79. The number of hydrogen-bond acceptors (Lipinski definition) is 3. The number of nitrogens with one attached hydrogen (secondary N) is 1. The number of halogens is 1. The van der Waals surface area contributed by atoms with E-state index in [2.05, 4.69) is 5.32 Å². The van der Waals surface area contributed by atoms with Gasteiger partial charge in [-0.3, -0.25) is 4.79 Å². The van der Waals surface area contributed by atoms with Gasteiger partial charge in [0, 0.05) is 19.8 Å². The van der Waals surface area contributed by atoms with E-state index >= 15 is 0 Å². The van der Waals surface area contributed by atoms with Crippen molar-refractivity contribution in [2.75, 3.05) is 25.1 Å². The molecule has 0 aliphatic carbocycles. The molecule has 19 heavy (non-hydrogen) atoms. The molecule has 104 valence electrons. The van der Waals surface area contributed by atoms with E-state index in [1.165, 1.54) is 6.07 Å². The lowest BCUT2D eigenvalue weighted by molar-refractivity contribution is -0.130. The largest absolute Gasteiger partial charge is 0.381 e. The fraction of sp³-hybridized carbons (Fsp3) is 0.500. The predicted octanol–water partition coefficient (Wildman–Crippen LogP) is 1.83. The molecule has 1 aromatic carbocycles. The van der Waals surface area contributed by atoms with Crippen LogP contribution in [0.5, 0.6) is 0 Å². The zero-order chi connectivity index (χ0) is 13.9. The van der Waals surface area contributed by atoms with Crippen LogP contribution in [-0.4, -0.2) is 25.7 Å². The van der Waals surface area contributed by atoms with Crippen LogP contribution in [0.2, 0.25) is 0 Å². The van der Waals surface area contributed by atoms with E-state index in [9.17, 15) is 9.18 Å². The molecule has 1 aromatic rings. The van der Waals surface area contributed by atoms with Gasteiger partial charge in [-0.2, -0.15) is 0 Å². The number of hydrogen-bond donors (Lipinski definition) is 2. The zero-order valence-corrected chi connectivity index (χ0v) is 11.0. The van der Waals surface area contributed by atoms with Crippen molar-refractivity contribution < 1.29 is 13.9 Å². The van der Waals surface area contributed by atoms with Gasteiger partial charge in [0.25, 0.3) is 0 Å². The average Bonchev–Trinajstić information content (AvgIpc) is 2.43. The van der Waals surface area contributed by atoms with Crippen molar-refractivity contribution in [2.24, 2.45) is 11.1 Å². The van der Waals surface area contributed by atoms with Gasteiger partial charge in [-0.05, 0) is 37.5 Å². The van der Waals surface area contributed by atoms with Crippen molar-refractivity contribution in [1.82, 2.24) is 0 Å². The van der Waals surface area contributed by atoms with Crippen LogP contribution in [0.25, 0.3) is 0 Å². The van der Waals surface area contributed by atoms with Crippen LogP contribution in [0.1, 0.15) is 18.4 Å². The maximum atomic E-state index is 13.7. The van der Waals surface area contributed by atoms with Crippen molar-refractivity contribution in [2.45, 2.75) is 19.8 Å². The lowest BCUT2D eigenvalue weighted by Crippen LogP contribution is -2.46. The molecule has 3 N–H and O–H groups in total. The van der Waals surface area contributed by atoms with Crippen LogP contribution in [-0.2, 0) is 9.53 Å². The second-order valence-corrected chi connectivity index (χ2v) is 5.03. The average molecular weight is 266 g/mol. The Kier molecular flexibility index (Phi) is 4.17. The molecule has 0 atom stereocenters. The van der Waals surface area contributed by atoms with Gasteiger partial charge in [-0.1, -0.05) is 6.07 Å². The van der Waals surface area contributed by atoms with Crippen molar-refractivity contribution in [3.8, 4) is 0 Å². The summed E-state index contributed by atoms with van der Waals surface area (Å²) < 4.78 is 18.9. The molecule has 0 radical (unpaired) electrons. The molecule has 0 spiro atoms. The summed E-state index contributed by atoms with van der Waals surface area (Å²) in [5.74, 6) is -0.652. The molecule has 5 heteroatoms. The number of amides is 1. The Hall–Kier alpha value is -1.46. The first kappa shape index (κ1) is 14.0. The summed E-state index contributed by atoms with van der Waals surface area (Å²) in [6.45, 7) is 3.12. The first-order chi connectivity index (χ1) is 9.07. The Balaban J connectivity index is 2.17. The SMILES string of the molecule is Cc1ccc(F)c(NC(=O)C2(CN)CCOCC2)c1. The molecule has 1 aliphatic heterocycles. The number of rotatable bonds is 3. The second-order valence-electron chi connectivity index (χ2n) is 5.03. The molecule has 0 aromatic heterocycles. The highest BCUT2D eigenvalue weighted by molar-refractivity contribution is 5.95. The first-order valence-corrected chi connectivity index (χ1v) is 6.43. The lowest BCUT2D eigenvalue weighted by Gasteiger charge is -2.34. The third kappa shape index (κ3) is 2.93. The molecule has 0 bridgehead atoms. The molecule has 1 saturated heterocycles. The number of benzene rings is 1. The highest BCUT2D eigenvalue weighted by atomic mass is 19.1. The summed E-state index contributed by atoms with van der Waals surface area (Å²) >= 11 is 0. The minimum Gasteiger partial charge on any atom is -0.381 e. The van der Waals surface area contributed by atoms with Gasteiger partial charge in [0.1, 0.15) is 5.82 Å². The smallest absolute Gasteiger partial charge is 0.232 e. The maximum absolute atomic E-state index is 13.7. The van der Waals surface area contributed by atoms with Gasteiger partial charge in [0.05, 0.1) is 11.1 Å². The third-order valence-electron chi connectivity index (χ3n) is 3.69. The predicted molar refractivity (Wildman–Crippen MR) is 71.3 cm³/mol. The summed E-state index contributed by atoms with van der Waals surface area (Å²) in [5, 5.41) is 2.66. The molecule has 1 amide bonds. The van der Waals surface area contributed by atoms with Gasteiger partial charge >= 0.3 is 0 Å². The van der Waals surface area contributed by atoms with E-state index in [1.54, 1.807) is 12.1 Å². The van der Waals surface area contributed by atoms with Crippen molar-refractivity contribution in [3.63, 3.8) is 0 Å². The standard InChI is InChI=1S/C14H19FN2O2/c1-10-2-3-11(15)12(8-10)17-13(18)14(9-16)4-6-19-7-5-14/h2-3,8H,4-7,9,16H2,1H3,(H,17,18). The van der Waals surface area contributed by atoms with Crippen LogP contribution in [0.15, 0.2) is 18.2 Å². The van der Waals surface area contributed by atoms with Crippen LogP contribution < -0.4 is 11.1 Å². The molecule has 1 heterocycles. The molecule has 1 fully saturated rings. The highest BCUT2D eigenvalue weighted by Gasteiger charge is 2.39. The Morgan fingerprint density at radius 1 is 1.47 bits per heavy atom. The van der Waals surface area contributed by atoms with Crippen molar-refractivity contribution in [3.05, 3.63) is 29.6 Å². The van der Waals surface area contributed by atoms with Crippen molar-refractivity contribution >= 4 is 11.6 Å². The Morgan fingerprint density at radius 3 is 2.79 bits per heavy atom. The Labute approximate surface area is 112 Å². The minimum absolute atomic E-state index is 0.212. The summed E-state index contributed by atoms with van der Waals surface area (Å²) in [6.07, 6.45) is 1.14. The van der Waals surface area contributed by atoms with Gasteiger partial charge in [-0.15, -0.1) is 0 Å². The molecular formula is C14H19FN2O2. The molecule has 0 saturated carbocycles. The minimum atomic E-state index is -0.644. The molecular weight excluding hydrogens is 247 g/mol. The summed E-state index contributed by atoms with van der Waals surface area (Å²) in [4.78, 5) is 12.4. The van der Waals surface area contributed by atoms with Gasteiger partial charge in [0.15, 0.2) is 0 Å². The van der Waals surface area contributed by atoms with Crippen LogP contribution >= 0.6 is 0 Å². The number of nitrogens with two attached hydrogens (primary N) is 1. The van der Waals surface area contributed by atoms with Gasteiger partial charge < -0.3 is 15.8 Å². The first-order valence-electron chi connectivity index (χ1n) is 6.43. The normalized spacial score (nSPS) is 18.1. The quantitative estimate of drug-likeness (QED) is 0.877. The topological polar surface area (TPSA) is 64.4 Å². The number of anilines is 1. The van der Waals surface area contributed by atoms with E-state index in [1.807, 2.05) is 6.92 Å². The van der Waals surface area contributed by atoms with E-state index in [0.717, 1.165) is 5.56 Å². The number of aryl methyl sites for hydroxylation is 1. The fourth-order valence-electron chi connectivity index (χ4n) is 2.28. The Morgan fingerprint density at radius 2 is 2.16 bits per heavy atom. The third-order valence-corrected chi connectivity index (χ3v) is 3.69. The van der Waals surface area contributed by atoms with Crippen LogP contribution in [0.3, 0.4) is 0 Å². The molecule has 1 aliphatic rings. The zero-order valence-electron chi connectivity index (χ0n) is 11.0. The highest BCUT2D eigenvalue weighted by Crippen LogP contribution is 2.31. The molecule has 2 rings (SSSR count). The summed E-state index contributed by atoms with van der Waals surface area (Å²) in [5.41, 5.74) is 6.21. The van der Waals surface area contributed by atoms with Crippen LogP contribution in [0, 0.1) is 18.2 Å². The van der Waals surface area contributed by atoms with Crippen molar-refractivity contribution in [1.29, 1.82) is 0 Å². The number of ether oxygens (including phenoxy) is 1. The summed E-state index contributed by atoms with van der Waals surface area (Å²) in [6, 6.07) is 4.64. The van der Waals surface area contributed by atoms with E-state index in [-0.39, 0.29) is 18.1 Å². The van der Waals surface area contributed by atoms with Gasteiger partial charge in [-0.25, -0.2) is 4.39 Å². The summed E-state index contributed by atoms with van der Waals surface area (Å²) in [7, 11) is 0. The second kappa shape index (κ2) is 5.67. The van der Waals surface area contributed by atoms with E-state index in [4.69, 9.17) is 10.5 Å². The molecule has 0 unspecified atom stereocenters. The number of carbonyl (C=O) groups is 1. The van der Waals surface area contributed by atoms with E-state index in [0.29, 0.717) is 26.1 Å². The fourth-order valence-corrected chi connectivity index (χ4v) is 2.28. The maximum Gasteiger partial charge on any atom is 0.232 e. The van der Waals surface area contributed by atoms with Gasteiger partial charge in [0.2, 0.25) is 5.91 Å². The monoisotopic (exact) mass is 266 g/mol. The number of carbonyl (C=O) groups excluding carboxylic acids is 1. The van der Waals surface area contributed by atoms with Crippen LogP contribution in [0.4, 0.5) is 10.1 Å². The molecule has 4 nitrogen and oxygen atoms in total. The van der Waals surface area contributed by atoms with E-state index < -0.39 is 11.2 Å².